The van der Waals surface area contributed by atoms with Crippen molar-refractivity contribution in [1.29, 1.82) is 0 Å². The zero-order chi connectivity index (χ0) is 11.0. The molecule has 1 radical (unpaired) electrons. The summed E-state index contributed by atoms with van der Waals surface area (Å²) in [6.45, 7) is 3.94. The van der Waals surface area contributed by atoms with Gasteiger partial charge < -0.3 is 5.21 Å². The van der Waals surface area contributed by atoms with Crippen LogP contribution in [0.3, 0.4) is 0 Å². The molecule has 0 amide bonds. The average molecular weight is 207 g/mol. The fourth-order valence-corrected chi connectivity index (χ4v) is 1.35. The quantitative estimate of drug-likeness (QED) is 0.538. The van der Waals surface area contributed by atoms with Gasteiger partial charge in [-0.3, -0.25) is 4.68 Å². The number of nitrogens with zero attached hydrogens (tertiary/aromatic N) is 4. The first kappa shape index (κ1) is 9.57. The van der Waals surface area contributed by atoms with E-state index in [4.69, 9.17) is 0 Å². The van der Waals surface area contributed by atoms with Crippen molar-refractivity contribution in [3.05, 3.63) is 30.0 Å². The maximum atomic E-state index is 11.3. The van der Waals surface area contributed by atoms with E-state index < -0.39 is 0 Å². The SMILES string of the molecule is CC(C)n1cc(-c2n([O])cc[n+]2[O-])cn1. The van der Waals surface area contributed by atoms with Gasteiger partial charge in [-0.05, 0) is 13.8 Å². The van der Waals surface area contributed by atoms with Crippen molar-refractivity contribution < 1.29 is 9.94 Å². The van der Waals surface area contributed by atoms with Crippen LogP contribution in [0.1, 0.15) is 19.9 Å². The average Bonchev–Trinajstić information content (AvgIpc) is 2.73. The lowest BCUT2D eigenvalue weighted by atomic mass is 10.3. The van der Waals surface area contributed by atoms with Crippen LogP contribution >= 0.6 is 0 Å². The molecule has 0 saturated carbocycles. The highest BCUT2D eigenvalue weighted by Crippen LogP contribution is 2.15. The Morgan fingerprint density at radius 3 is 2.73 bits per heavy atom. The molecule has 79 valence electrons. The molecule has 0 aliphatic carbocycles. The first-order valence-corrected chi connectivity index (χ1v) is 4.62. The van der Waals surface area contributed by atoms with Crippen LogP contribution in [0.5, 0.6) is 0 Å². The molecule has 0 aliphatic rings. The summed E-state index contributed by atoms with van der Waals surface area (Å²) in [5.41, 5.74) is 0.527. The Morgan fingerprint density at radius 2 is 2.27 bits per heavy atom. The molecule has 0 atom stereocenters. The minimum Gasteiger partial charge on any atom is -0.710 e. The highest BCUT2D eigenvalue weighted by Gasteiger charge is 2.19. The monoisotopic (exact) mass is 207 g/mol. The lowest BCUT2D eigenvalue weighted by Crippen LogP contribution is -2.26. The van der Waals surface area contributed by atoms with E-state index >= 15 is 0 Å². The van der Waals surface area contributed by atoms with Gasteiger partial charge in [-0.25, -0.2) is 4.73 Å². The molecule has 0 spiro atoms. The Bertz CT molecular complexity index is 453. The predicted octanol–water partition coefficient (Wildman–Crippen LogP) is 0.759. The lowest BCUT2D eigenvalue weighted by Gasteiger charge is -2.02. The second kappa shape index (κ2) is 3.30. The molecular weight excluding hydrogens is 196 g/mol. The first-order chi connectivity index (χ1) is 7.09. The van der Waals surface area contributed by atoms with E-state index in [9.17, 15) is 10.4 Å². The number of rotatable bonds is 2. The standard InChI is InChI=1S/C9H11N4O2/c1-7(2)11-6-8(5-10-11)9-12(14)3-4-13(9)15/h3-7H,1-2H3. The number of aromatic nitrogens is 4. The lowest BCUT2D eigenvalue weighted by molar-refractivity contribution is -0.594. The van der Waals surface area contributed by atoms with Crippen molar-refractivity contribution in [3.8, 4) is 11.4 Å². The van der Waals surface area contributed by atoms with Crippen molar-refractivity contribution in [1.82, 2.24) is 14.5 Å². The summed E-state index contributed by atoms with van der Waals surface area (Å²) in [4.78, 5) is 0. The van der Waals surface area contributed by atoms with Crippen LogP contribution in [0.25, 0.3) is 11.4 Å². The Balaban J connectivity index is 2.46. The molecule has 6 heteroatoms. The van der Waals surface area contributed by atoms with E-state index in [0.29, 0.717) is 15.0 Å². The molecule has 0 N–H and O–H groups in total. The molecule has 0 aromatic carbocycles. The van der Waals surface area contributed by atoms with Crippen molar-refractivity contribution in [3.63, 3.8) is 0 Å². The van der Waals surface area contributed by atoms with Gasteiger partial charge in [-0.1, -0.05) is 5.21 Å². The molecule has 2 heterocycles. The fourth-order valence-electron chi connectivity index (χ4n) is 1.35. The van der Waals surface area contributed by atoms with Gasteiger partial charge in [-0.15, -0.1) is 0 Å². The number of imidazole rings is 1. The third-order valence-electron chi connectivity index (χ3n) is 2.14. The van der Waals surface area contributed by atoms with Crippen molar-refractivity contribution in [2.45, 2.75) is 19.9 Å². The molecule has 6 nitrogen and oxygen atoms in total. The number of hydrogen-bond donors (Lipinski definition) is 0. The zero-order valence-corrected chi connectivity index (χ0v) is 8.49. The molecule has 15 heavy (non-hydrogen) atoms. The third-order valence-corrected chi connectivity index (χ3v) is 2.14. The summed E-state index contributed by atoms with van der Waals surface area (Å²) < 4.78 is 2.77. The topological polar surface area (TPSA) is 69.6 Å². The van der Waals surface area contributed by atoms with E-state index in [1.54, 1.807) is 10.9 Å². The van der Waals surface area contributed by atoms with Crippen LogP contribution in [0.4, 0.5) is 0 Å². The van der Waals surface area contributed by atoms with Gasteiger partial charge in [0.15, 0.2) is 6.20 Å². The van der Waals surface area contributed by atoms with E-state index in [0.717, 1.165) is 0 Å². The van der Waals surface area contributed by atoms with E-state index in [1.807, 2.05) is 13.8 Å². The summed E-state index contributed by atoms with van der Waals surface area (Å²) >= 11 is 0. The molecule has 0 unspecified atom stereocenters. The molecule has 0 aliphatic heterocycles. The summed E-state index contributed by atoms with van der Waals surface area (Å²) in [7, 11) is 0. The molecule has 0 saturated heterocycles. The smallest absolute Gasteiger partial charge is 0.339 e. The highest BCUT2D eigenvalue weighted by molar-refractivity contribution is 5.49. The normalized spacial score (nSPS) is 11.1. The molecular formula is C9H11N4O2. The molecule has 2 rings (SSSR count). The predicted molar refractivity (Wildman–Crippen MR) is 51.1 cm³/mol. The van der Waals surface area contributed by atoms with Gasteiger partial charge in [0.05, 0.1) is 6.20 Å². The summed E-state index contributed by atoms with van der Waals surface area (Å²) in [5.74, 6) is 0.0573. The molecule has 2 aromatic heterocycles. The van der Waals surface area contributed by atoms with Gasteiger partial charge in [0.25, 0.3) is 0 Å². The van der Waals surface area contributed by atoms with Gasteiger partial charge >= 0.3 is 5.82 Å². The summed E-state index contributed by atoms with van der Waals surface area (Å²) in [6, 6.07) is 0.203. The molecule has 0 fully saturated rings. The minimum atomic E-state index is 0.0573. The van der Waals surface area contributed by atoms with Crippen LogP contribution in [0.15, 0.2) is 24.8 Å². The zero-order valence-electron chi connectivity index (χ0n) is 8.49. The van der Waals surface area contributed by atoms with Crippen LogP contribution in [-0.2, 0) is 5.21 Å². The summed E-state index contributed by atoms with van der Waals surface area (Å²) in [5, 5.41) is 26.6. The third kappa shape index (κ3) is 1.54. The van der Waals surface area contributed by atoms with Crippen molar-refractivity contribution >= 4 is 0 Å². The van der Waals surface area contributed by atoms with Gasteiger partial charge in [0.1, 0.15) is 11.8 Å². The van der Waals surface area contributed by atoms with Crippen molar-refractivity contribution in [2.75, 3.05) is 0 Å². The van der Waals surface area contributed by atoms with Gasteiger partial charge in [-0.2, -0.15) is 5.10 Å². The van der Waals surface area contributed by atoms with Crippen molar-refractivity contribution in [2.24, 2.45) is 0 Å². The van der Waals surface area contributed by atoms with Crippen LogP contribution < -0.4 is 4.73 Å². The van der Waals surface area contributed by atoms with Crippen LogP contribution in [0, 0.1) is 5.21 Å². The maximum absolute atomic E-state index is 11.3. The van der Waals surface area contributed by atoms with Crippen LogP contribution in [0.2, 0.25) is 0 Å². The van der Waals surface area contributed by atoms with Gasteiger partial charge in [0, 0.05) is 17.0 Å². The molecule has 2 aromatic rings. The largest absolute Gasteiger partial charge is 0.710 e. The Kier molecular flexibility index (Phi) is 2.11. The number of hydrogen-bond acceptors (Lipinski definition) is 2. The van der Waals surface area contributed by atoms with Crippen LogP contribution in [-0.4, -0.2) is 14.5 Å². The first-order valence-electron chi connectivity index (χ1n) is 4.62. The van der Waals surface area contributed by atoms with E-state index in [-0.39, 0.29) is 11.9 Å². The van der Waals surface area contributed by atoms with E-state index in [2.05, 4.69) is 5.10 Å². The minimum absolute atomic E-state index is 0.0573. The second-order valence-electron chi connectivity index (χ2n) is 3.58. The Morgan fingerprint density at radius 1 is 1.53 bits per heavy atom. The summed E-state index contributed by atoms with van der Waals surface area (Å²) in [6.07, 6.45) is 5.55. The Hall–Kier alpha value is -1.98. The maximum Gasteiger partial charge on any atom is 0.339 e. The second-order valence-corrected chi connectivity index (χ2v) is 3.58. The fraction of sp³-hybridized carbons (Fsp3) is 0.333. The Labute approximate surface area is 86.5 Å². The highest BCUT2D eigenvalue weighted by atomic mass is 16.5. The molecule has 0 bridgehead atoms. The van der Waals surface area contributed by atoms with Gasteiger partial charge in [0.2, 0.25) is 0 Å². The van der Waals surface area contributed by atoms with E-state index in [1.165, 1.54) is 18.6 Å².